The Hall–Kier alpha value is -3.39. The number of fused-ring (bicyclic) bond motifs is 3. The number of carboxylic acid groups (broad SMARTS) is 1. The number of ether oxygens (including phenoxy) is 2. The summed E-state index contributed by atoms with van der Waals surface area (Å²) in [7, 11) is 0. The number of carbonyl (C=O) groups excluding carboxylic acids is 2. The van der Waals surface area contributed by atoms with Crippen LogP contribution in [0, 0.1) is 5.92 Å². The normalized spacial score (nSPS) is 17.5. The quantitative estimate of drug-likeness (QED) is 0.495. The van der Waals surface area contributed by atoms with E-state index >= 15 is 0 Å². The van der Waals surface area contributed by atoms with Gasteiger partial charge in [0.2, 0.25) is 5.91 Å². The molecule has 1 aliphatic carbocycles. The van der Waals surface area contributed by atoms with Crippen molar-refractivity contribution in [2.24, 2.45) is 5.92 Å². The minimum Gasteiger partial charge on any atom is -0.481 e. The van der Waals surface area contributed by atoms with Crippen LogP contribution < -0.4 is 10.6 Å². The molecule has 1 fully saturated rings. The van der Waals surface area contributed by atoms with Gasteiger partial charge in [0.25, 0.3) is 0 Å². The number of amides is 2. The van der Waals surface area contributed by atoms with Gasteiger partial charge in [-0.2, -0.15) is 0 Å². The van der Waals surface area contributed by atoms with Crippen LogP contribution in [0.1, 0.15) is 42.7 Å². The molecule has 2 amide bonds. The Kier molecular flexibility index (Phi) is 7.80. The van der Waals surface area contributed by atoms with Crippen molar-refractivity contribution < 1.29 is 29.0 Å². The van der Waals surface area contributed by atoms with Gasteiger partial charge in [0, 0.05) is 32.1 Å². The van der Waals surface area contributed by atoms with E-state index in [2.05, 4.69) is 22.8 Å². The molecule has 0 bridgehead atoms. The summed E-state index contributed by atoms with van der Waals surface area (Å²) in [6.07, 6.45) is 0.756. The molecule has 2 aromatic rings. The molecule has 2 unspecified atom stereocenters. The van der Waals surface area contributed by atoms with Crippen molar-refractivity contribution in [3.63, 3.8) is 0 Å². The zero-order valence-corrected chi connectivity index (χ0v) is 19.0. The van der Waals surface area contributed by atoms with E-state index in [1.807, 2.05) is 36.4 Å². The van der Waals surface area contributed by atoms with E-state index in [0.717, 1.165) is 41.7 Å². The lowest BCUT2D eigenvalue weighted by Gasteiger charge is -2.19. The molecule has 2 aliphatic rings. The summed E-state index contributed by atoms with van der Waals surface area (Å²) in [5.74, 6) is -1.13. The lowest BCUT2D eigenvalue weighted by Crippen LogP contribution is -2.47. The Balaban J connectivity index is 1.34. The average molecular weight is 467 g/mol. The first-order valence-electron chi connectivity index (χ1n) is 11.7. The molecule has 1 heterocycles. The highest BCUT2D eigenvalue weighted by Crippen LogP contribution is 2.44. The van der Waals surface area contributed by atoms with Crippen molar-refractivity contribution >= 4 is 18.0 Å². The maximum absolute atomic E-state index is 12.6. The van der Waals surface area contributed by atoms with Crippen LogP contribution >= 0.6 is 0 Å². The van der Waals surface area contributed by atoms with E-state index in [4.69, 9.17) is 14.6 Å². The minimum absolute atomic E-state index is 0.0160. The van der Waals surface area contributed by atoms with Crippen LogP contribution in [0.25, 0.3) is 11.1 Å². The minimum atomic E-state index is -1.03. The summed E-state index contributed by atoms with van der Waals surface area (Å²) >= 11 is 0. The Morgan fingerprint density at radius 1 is 1.06 bits per heavy atom. The van der Waals surface area contributed by atoms with Gasteiger partial charge < -0.3 is 25.2 Å². The average Bonchev–Trinajstić information content (AvgIpc) is 3.46. The summed E-state index contributed by atoms with van der Waals surface area (Å²) in [6, 6.07) is 15.1. The molecule has 0 aromatic heterocycles. The first kappa shape index (κ1) is 23.8. The molecular formula is C26H30N2O6. The molecule has 0 radical (unpaired) electrons. The van der Waals surface area contributed by atoms with Crippen LogP contribution in [0.2, 0.25) is 0 Å². The van der Waals surface area contributed by atoms with Gasteiger partial charge in [-0.3, -0.25) is 9.59 Å². The molecule has 34 heavy (non-hydrogen) atoms. The lowest BCUT2D eigenvalue weighted by atomic mass is 9.98. The molecule has 2 atom stereocenters. The van der Waals surface area contributed by atoms with E-state index < -0.39 is 24.0 Å². The first-order valence-corrected chi connectivity index (χ1v) is 11.7. The van der Waals surface area contributed by atoms with Gasteiger partial charge in [0.1, 0.15) is 12.6 Å². The van der Waals surface area contributed by atoms with Gasteiger partial charge in [-0.25, -0.2) is 4.79 Å². The number of rotatable bonds is 10. The fraction of sp³-hybridized carbons (Fsp3) is 0.423. The van der Waals surface area contributed by atoms with Gasteiger partial charge in [0.15, 0.2) is 0 Å². The molecule has 4 rings (SSSR count). The number of benzene rings is 2. The van der Waals surface area contributed by atoms with Crippen LogP contribution in [-0.2, 0) is 19.1 Å². The predicted octanol–water partition coefficient (Wildman–Crippen LogP) is 3.30. The number of hydrogen-bond acceptors (Lipinski definition) is 5. The largest absolute Gasteiger partial charge is 0.481 e. The SMILES string of the molecule is O=C(O)CCC(NC(=O)OCC1c2ccccc2-c2ccccc21)C(=O)NCCC1CCOC1. The monoisotopic (exact) mass is 466 g/mol. The molecule has 8 nitrogen and oxygen atoms in total. The topological polar surface area (TPSA) is 114 Å². The van der Waals surface area contributed by atoms with E-state index in [9.17, 15) is 14.4 Å². The van der Waals surface area contributed by atoms with Crippen molar-refractivity contribution in [1.82, 2.24) is 10.6 Å². The molecule has 0 spiro atoms. The molecule has 0 saturated carbocycles. The molecule has 3 N–H and O–H groups in total. The zero-order chi connectivity index (χ0) is 23.9. The number of alkyl carbamates (subject to hydrolysis) is 1. The second-order valence-corrected chi connectivity index (χ2v) is 8.76. The Morgan fingerprint density at radius 3 is 2.35 bits per heavy atom. The molecule has 1 aliphatic heterocycles. The highest BCUT2D eigenvalue weighted by atomic mass is 16.5. The highest BCUT2D eigenvalue weighted by Gasteiger charge is 2.30. The van der Waals surface area contributed by atoms with E-state index in [1.165, 1.54) is 0 Å². The number of nitrogens with one attached hydrogen (secondary N) is 2. The van der Waals surface area contributed by atoms with E-state index in [1.54, 1.807) is 0 Å². The molecular weight excluding hydrogens is 436 g/mol. The van der Waals surface area contributed by atoms with Crippen molar-refractivity contribution in [2.45, 2.75) is 37.6 Å². The number of hydrogen-bond donors (Lipinski definition) is 3. The van der Waals surface area contributed by atoms with Crippen molar-refractivity contribution in [3.8, 4) is 11.1 Å². The van der Waals surface area contributed by atoms with Crippen LogP contribution in [0.3, 0.4) is 0 Å². The van der Waals surface area contributed by atoms with Crippen molar-refractivity contribution in [3.05, 3.63) is 59.7 Å². The van der Waals surface area contributed by atoms with Gasteiger partial charge in [-0.05, 0) is 47.4 Å². The van der Waals surface area contributed by atoms with Crippen molar-refractivity contribution in [1.29, 1.82) is 0 Å². The van der Waals surface area contributed by atoms with E-state index in [0.29, 0.717) is 19.1 Å². The number of carboxylic acids is 1. The fourth-order valence-corrected chi connectivity index (χ4v) is 4.65. The summed E-state index contributed by atoms with van der Waals surface area (Å²) in [6.45, 7) is 2.00. The maximum atomic E-state index is 12.6. The Morgan fingerprint density at radius 2 is 1.74 bits per heavy atom. The van der Waals surface area contributed by atoms with Crippen LogP contribution in [0.5, 0.6) is 0 Å². The predicted molar refractivity (Wildman–Crippen MR) is 125 cm³/mol. The van der Waals surface area contributed by atoms with Gasteiger partial charge in [-0.15, -0.1) is 0 Å². The Bertz CT molecular complexity index is 988. The summed E-state index contributed by atoms with van der Waals surface area (Å²) in [5, 5.41) is 14.4. The van der Waals surface area contributed by atoms with Gasteiger partial charge in [0.05, 0.1) is 0 Å². The van der Waals surface area contributed by atoms with Crippen molar-refractivity contribution in [2.75, 3.05) is 26.4 Å². The molecule has 1 saturated heterocycles. The second kappa shape index (κ2) is 11.2. The van der Waals surface area contributed by atoms with Crippen LogP contribution in [-0.4, -0.2) is 55.5 Å². The van der Waals surface area contributed by atoms with Crippen LogP contribution in [0.4, 0.5) is 4.79 Å². The summed E-state index contributed by atoms with van der Waals surface area (Å²) in [4.78, 5) is 36.3. The standard InChI is InChI=1S/C26H30N2O6/c29-24(30)10-9-23(25(31)27-13-11-17-12-14-33-15-17)28-26(32)34-16-22-20-7-3-1-5-18(20)19-6-2-4-8-21(19)22/h1-8,17,22-23H,9-16H2,(H,27,31)(H,28,32)(H,29,30). The van der Waals surface area contributed by atoms with Gasteiger partial charge in [-0.1, -0.05) is 48.5 Å². The molecule has 180 valence electrons. The molecule has 2 aromatic carbocycles. The fourth-order valence-electron chi connectivity index (χ4n) is 4.65. The summed E-state index contributed by atoms with van der Waals surface area (Å²) < 4.78 is 10.9. The van der Waals surface area contributed by atoms with E-state index in [-0.39, 0.29) is 25.4 Å². The maximum Gasteiger partial charge on any atom is 0.407 e. The summed E-state index contributed by atoms with van der Waals surface area (Å²) in [5.41, 5.74) is 4.43. The third-order valence-corrected chi connectivity index (χ3v) is 6.47. The number of aliphatic carboxylic acids is 1. The number of carbonyl (C=O) groups is 3. The third-order valence-electron chi connectivity index (χ3n) is 6.47. The smallest absolute Gasteiger partial charge is 0.407 e. The lowest BCUT2D eigenvalue weighted by molar-refractivity contribution is -0.137. The molecule has 8 heteroatoms. The second-order valence-electron chi connectivity index (χ2n) is 8.76. The Labute approximate surface area is 198 Å². The third kappa shape index (κ3) is 5.75. The highest BCUT2D eigenvalue weighted by molar-refractivity contribution is 5.86. The zero-order valence-electron chi connectivity index (χ0n) is 19.0. The van der Waals surface area contributed by atoms with Gasteiger partial charge >= 0.3 is 12.1 Å². The van der Waals surface area contributed by atoms with Crippen LogP contribution in [0.15, 0.2) is 48.5 Å². The first-order chi connectivity index (χ1) is 16.5.